The van der Waals surface area contributed by atoms with Gasteiger partial charge >= 0.3 is 0 Å². The van der Waals surface area contributed by atoms with E-state index in [9.17, 15) is 4.39 Å². The summed E-state index contributed by atoms with van der Waals surface area (Å²) in [7, 11) is 3.75. The molecule has 100 valence electrons. The van der Waals surface area contributed by atoms with Gasteiger partial charge in [-0.05, 0) is 26.2 Å². The molecular weight excluding hydrogens is 247 g/mol. The van der Waals surface area contributed by atoms with E-state index in [0.717, 1.165) is 6.20 Å². The van der Waals surface area contributed by atoms with Crippen LogP contribution in [0.2, 0.25) is 0 Å². The number of benzene rings is 1. The Morgan fingerprint density at radius 1 is 1.16 bits per heavy atom. The standard InChI is InChI=1S/C12H8FNO2.C2H7N/c13-8-5-12-9(14-6-8)7-15-10-3-1-2-4-11(10)16-12;1-3-2/h1-6H,7H2;3H,1-2H3. The average Bonchev–Trinajstić information content (AvgIpc) is 2.58. The number of para-hydroxylation sites is 2. The fourth-order valence-electron chi connectivity index (χ4n) is 1.56. The Morgan fingerprint density at radius 3 is 2.58 bits per heavy atom. The van der Waals surface area contributed by atoms with Gasteiger partial charge < -0.3 is 14.8 Å². The quantitative estimate of drug-likeness (QED) is 0.792. The van der Waals surface area contributed by atoms with Gasteiger partial charge in [-0.15, -0.1) is 0 Å². The van der Waals surface area contributed by atoms with Crippen molar-refractivity contribution in [2.45, 2.75) is 6.61 Å². The molecule has 2 aromatic rings. The predicted octanol–water partition coefficient (Wildman–Crippen LogP) is 2.74. The van der Waals surface area contributed by atoms with Crippen LogP contribution in [-0.2, 0) is 6.61 Å². The molecule has 0 aliphatic carbocycles. The first-order valence-electron chi connectivity index (χ1n) is 5.87. The van der Waals surface area contributed by atoms with E-state index in [-0.39, 0.29) is 6.61 Å². The number of rotatable bonds is 0. The summed E-state index contributed by atoms with van der Waals surface area (Å²) < 4.78 is 24.1. The fourth-order valence-corrected chi connectivity index (χ4v) is 1.56. The Kier molecular flexibility index (Phi) is 4.30. The third-order valence-corrected chi connectivity index (χ3v) is 2.33. The van der Waals surface area contributed by atoms with Crippen molar-refractivity contribution in [3.8, 4) is 17.2 Å². The second-order valence-corrected chi connectivity index (χ2v) is 3.94. The number of aromatic nitrogens is 1. The SMILES string of the molecule is CNC.Fc1cnc2c(c1)Oc1ccccc1OC2. The van der Waals surface area contributed by atoms with Crippen LogP contribution in [0.1, 0.15) is 5.69 Å². The zero-order chi connectivity index (χ0) is 13.7. The van der Waals surface area contributed by atoms with Crippen LogP contribution in [0.4, 0.5) is 4.39 Å². The summed E-state index contributed by atoms with van der Waals surface area (Å²) in [6.07, 6.45) is 1.15. The van der Waals surface area contributed by atoms with Gasteiger partial charge in [0.2, 0.25) is 0 Å². The van der Waals surface area contributed by atoms with Crippen LogP contribution < -0.4 is 14.8 Å². The average molecular weight is 262 g/mol. The topological polar surface area (TPSA) is 43.4 Å². The van der Waals surface area contributed by atoms with Gasteiger partial charge in [0, 0.05) is 6.07 Å². The second kappa shape index (κ2) is 6.15. The molecule has 0 bridgehead atoms. The number of fused-ring (bicyclic) bond motifs is 2. The smallest absolute Gasteiger partial charge is 0.169 e. The molecule has 0 amide bonds. The van der Waals surface area contributed by atoms with E-state index >= 15 is 0 Å². The molecule has 5 heteroatoms. The minimum absolute atomic E-state index is 0.284. The van der Waals surface area contributed by atoms with Crippen LogP contribution in [-0.4, -0.2) is 19.1 Å². The van der Waals surface area contributed by atoms with Crippen molar-refractivity contribution in [1.29, 1.82) is 0 Å². The van der Waals surface area contributed by atoms with E-state index in [4.69, 9.17) is 9.47 Å². The highest BCUT2D eigenvalue weighted by Crippen LogP contribution is 2.36. The van der Waals surface area contributed by atoms with Crippen LogP contribution >= 0.6 is 0 Å². The number of nitrogens with zero attached hydrogens (tertiary/aromatic N) is 1. The third kappa shape index (κ3) is 3.20. The van der Waals surface area contributed by atoms with Crippen molar-refractivity contribution in [3.05, 3.63) is 48.0 Å². The maximum Gasteiger partial charge on any atom is 0.169 e. The molecule has 0 unspecified atom stereocenters. The zero-order valence-corrected chi connectivity index (χ0v) is 10.8. The lowest BCUT2D eigenvalue weighted by Crippen LogP contribution is -1.97. The molecule has 1 aliphatic rings. The Bertz CT molecular complexity index is 561. The molecule has 3 rings (SSSR count). The fraction of sp³-hybridized carbons (Fsp3) is 0.214. The minimum Gasteiger partial charge on any atom is -0.483 e. The van der Waals surface area contributed by atoms with Gasteiger partial charge in [0.05, 0.1) is 6.20 Å². The molecule has 0 spiro atoms. The first-order valence-corrected chi connectivity index (χ1v) is 5.87. The molecule has 19 heavy (non-hydrogen) atoms. The summed E-state index contributed by atoms with van der Waals surface area (Å²) in [5.74, 6) is 1.21. The van der Waals surface area contributed by atoms with Gasteiger partial charge in [-0.1, -0.05) is 12.1 Å². The maximum absolute atomic E-state index is 13.0. The monoisotopic (exact) mass is 262 g/mol. The highest BCUT2D eigenvalue weighted by Gasteiger charge is 2.16. The van der Waals surface area contributed by atoms with Crippen molar-refractivity contribution >= 4 is 0 Å². The lowest BCUT2D eigenvalue weighted by molar-refractivity contribution is 0.303. The summed E-state index contributed by atoms with van der Waals surface area (Å²) in [5, 5.41) is 2.75. The molecule has 1 aromatic heterocycles. The molecule has 0 saturated heterocycles. The largest absolute Gasteiger partial charge is 0.483 e. The molecule has 4 nitrogen and oxygen atoms in total. The van der Waals surface area contributed by atoms with Crippen LogP contribution in [0.3, 0.4) is 0 Å². The molecule has 0 radical (unpaired) electrons. The number of ether oxygens (including phenoxy) is 2. The molecule has 1 aliphatic heterocycles. The maximum atomic E-state index is 13.0. The third-order valence-electron chi connectivity index (χ3n) is 2.33. The summed E-state index contributed by atoms with van der Waals surface area (Å²) in [6, 6.07) is 8.58. The molecule has 1 aromatic carbocycles. The summed E-state index contributed by atoms with van der Waals surface area (Å²) in [6.45, 7) is 0.284. The number of hydrogen-bond donors (Lipinski definition) is 1. The van der Waals surface area contributed by atoms with E-state index in [1.807, 2.05) is 26.2 Å². The van der Waals surface area contributed by atoms with Crippen molar-refractivity contribution in [2.24, 2.45) is 0 Å². The lowest BCUT2D eigenvalue weighted by Gasteiger charge is -2.05. The van der Waals surface area contributed by atoms with Gasteiger partial charge in [-0.3, -0.25) is 4.98 Å². The van der Waals surface area contributed by atoms with E-state index in [0.29, 0.717) is 22.9 Å². The Hall–Kier alpha value is -2.14. The summed E-state index contributed by atoms with van der Waals surface area (Å²) in [4.78, 5) is 3.94. The van der Waals surface area contributed by atoms with Crippen molar-refractivity contribution in [1.82, 2.24) is 10.3 Å². The highest BCUT2D eigenvalue weighted by molar-refractivity contribution is 5.45. The molecule has 0 saturated carbocycles. The van der Waals surface area contributed by atoms with Gasteiger partial charge in [-0.2, -0.15) is 0 Å². The Morgan fingerprint density at radius 2 is 1.84 bits per heavy atom. The van der Waals surface area contributed by atoms with Gasteiger partial charge in [0.25, 0.3) is 0 Å². The molecule has 1 N–H and O–H groups in total. The number of nitrogens with one attached hydrogen (secondary N) is 1. The summed E-state index contributed by atoms with van der Waals surface area (Å²) in [5.41, 5.74) is 0.595. The lowest BCUT2D eigenvalue weighted by atomic mass is 10.3. The van der Waals surface area contributed by atoms with Gasteiger partial charge in [-0.25, -0.2) is 4.39 Å². The van der Waals surface area contributed by atoms with Crippen molar-refractivity contribution in [3.63, 3.8) is 0 Å². The van der Waals surface area contributed by atoms with Crippen molar-refractivity contribution in [2.75, 3.05) is 14.1 Å². The van der Waals surface area contributed by atoms with Gasteiger partial charge in [0.1, 0.15) is 18.1 Å². The molecular formula is C14H15FN2O2. The van der Waals surface area contributed by atoms with E-state index in [2.05, 4.69) is 10.3 Å². The number of hydrogen-bond acceptors (Lipinski definition) is 4. The van der Waals surface area contributed by atoms with Crippen LogP contribution in [0.25, 0.3) is 0 Å². The van der Waals surface area contributed by atoms with Crippen LogP contribution in [0, 0.1) is 5.82 Å². The number of halogens is 1. The van der Waals surface area contributed by atoms with Gasteiger partial charge in [0.15, 0.2) is 17.2 Å². The second-order valence-electron chi connectivity index (χ2n) is 3.94. The van der Waals surface area contributed by atoms with Crippen LogP contribution in [0.5, 0.6) is 17.2 Å². The normalized spacial score (nSPS) is 11.7. The zero-order valence-electron chi connectivity index (χ0n) is 10.8. The van der Waals surface area contributed by atoms with E-state index < -0.39 is 5.82 Å². The molecule has 2 heterocycles. The molecule has 0 atom stereocenters. The highest BCUT2D eigenvalue weighted by atomic mass is 19.1. The van der Waals surface area contributed by atoms with E-state index in [1.54, 1.807) is 12.1 Å². The minimum atomic E-state index is -0.418. The first-order chi connectivity index (χ1) is 9.24. The summed E-state index contributed by atoms with van der Waals surface area (Å²) >= 11 is 0. The first kappa shape index (κ1) is 13.3. The molecule has 0 fully saturated rings. The van der Waals surface area contributed by atoms with E-state index in [1.165, 1.54) is 6.07 Å². The Labute approximate surface area is 111 Å². The van der Waals surface area contributed by atoms with Crippen LogP contribution in [0.15, 0.2) is 36.5 Å². The predicted molar refractivity (Wildman–Crippen MR) is 70.0 cm³/mol. The van der Waals surface area contributed by atoms with Crippen molar-refractivity contribution < 1.29 is 13.9 Å². The number of pyridine rings is 1. The Balaban J connectivity index is 0.000000408.